The fraction of sp³-hybridized carbons (Fsp3) is 0.500. The maximum atomic E-state index is 10.7. The monoisotopic (exact) mass is 302 g/mol. The van der Waals surface area contributed by atoms with Crippen LogP contribution in [0.25, 0.3) is 0 Å². The molecule has 1 aromatic carbocycles. The minimum atomic E-state index is 0.339. The molecule has 5 nitrogen and oxygen atoms in total. The summed E-state index contributed by atoms with van der Waals surface area (Å²) >= 11 is 6.05. The second-order valence-corrected chi connectivity index (χ2v) is 4.37. The van der Waals surface area contributed by atoms with Gasteiger partial charge in [-0.25, -0.2) is 0 Å². The lowest BCUT2D eigenvalue weighted by Crippen LogP contribution is -2.09. The zero-order valence-electron chi connectivity index (χ0n) is 11.7. The maximum absolute atomic E-state index is 10.7. The average Bonchev–Trinajstić information content (AvgIpc) is 2.47. The van der Waals surface area contributed by atoms with Crippen molar-refractivity contribution in [3.63, 3.8) is 0 Å². The molecule has 0 saturated heterocycles. The molecule has 0 heterocycles. The second-order valence-electron chi connectivity index (χ2n) is 3.96. The van der Waals surface area contributed by atoms with Crippen molar-refractivity contribution in [3.05, 3.63) is 22.7 Å². The highest BCUT2D eigenvalue weighted by Crippen LogP contribution is 2.35. The number of hydrogen-bond donors (Lipinski definition) is 0. The van der Waals surface area contributed by atoms with Crippen molar-refractivity contribution in [2.24, 2.45) is 0 Å². The maximum Gasteiger partial charge on any atom is 0.179 e. The molecule has 0 aromatic heterocycles. The molecule has 6 heteroatoms. The molecule has 0 saturated carbocycles. The molecule has 0 fully saturated rings. The number of benzene rings is 1. The van der Waals surface area contributed by atoms with E-state index in [1.165, 1.54) is 13.2 Å². The van der Waals surface area contributed by atoms with Gasteiger partial charge in [0, 0.05) is 25.9 Å². The van der Waals surface area contributed by atoms with Crippen LogP contribution in [0, 0.1) is 0 Å². The molecule has 0 aliphatic carbocycles. The van der Waals surface area contributed by atoms with E-state index in [1.807, 2.05) is 0 Å². The number of aldehydes is 1. The number of methoxy groups -OCH3 is 2. The Morgan fingerprint density at radius 3 is 2.60 bits per heavy atom. The van der Waals surface area contributed by atoms with E-state index in [4.69, 9.17) is 30.5 Å². The second kappa shape index (κ2) is 9.58. The Kier molecular flexibility index (Phi) is 8.02. The normalized spacial score (nSPS) is 10.3. The largest absolute Gasteiger partial charge is 0.493 e. The number of carbonyl (C=O) groups is 1. The van der Waals surface area contributed by atoms with Gasteiger partial charge < -0.3 is 18.9 Å². The first kappa shape index (κ1) is 16.8. The summed E-state index contributed by atoms with van der Waals surface area (Å²) in [5, 5.41) is 0.339. The smallest absolute Gasteiger partial charge is 0.179 e. The van der Waals surface area contributed by atoms with Crippen LogP contribution < -0.4 is 9.47 Å². The third kappa shape index (κ3) is 5.36. The first-order chi connectivity index (χ1) is 9.72. The van der Waals surface area contributed by atoms with Crippen LogP contribution in [0.2, 0.25) is 5.02 Å². The SMILES string of the molecule is COCCCOCCOc1c(Cl)cc(C=O)cc1OC. The fourth-order valence-corrected chi connectivity index (χ4v) is 1.83. The molecule has 0 bridgehead atoms. The van der Waals surface area contributed by atoms with E-state index >= 15 is 0 Å². The Bertz CT molecular complexity index is 422. The van der Waals surface area contributed by atoms with Crippen LogP contribution in [-0.2, 0) is 9.47 Å². The molecule has 20 heavy (non-hydrogen) atoms. The number of hydrogen-bond acceptors (Lipinski definition) is 5. The van der Waals surface area contributed by atoms with E-state index in [2.05, 4.69) is 0 Å². The molecule has 112 valence electrons. The predicted molar refractivity (Wildman–Crippen MR) is 76.2 cm³/mol. The van der Waals surface area contributed by atoms with Gasteiger partial charge in [-0.15, -0.1) is 0 Å². The number of halogens is 1. The standard InChI is InChI=1S/C14H19ClO5/c1-17-4-3-5-19-6-7-20-14-12(15)8-11(10-16)9-13(14)18-2/h8-10H,3-7H2,1-2H3. The van der Waals surface area contributed by atoms with Crippen LogP contribution in [0.5, 0.6) is 11.5 Å². The number of ether oxygens (including phenoxy) is 4. The van der Waals surface area contributed by atoms with E-state index in [9.17, 15) is 4.79 Å². The van der Waals surface area contributed by atoms with Gasteiger partial charge in [0.1, 0.15) is 12.9 Å². The molecular formula is C14H19ClO5. The zero-order chi connectivity index (χ0) is 14.8. The third-order valence-electron chi connectivity index (χ3n) is 2.50. The van der Waals surface area contributed by atoms with Crippen molar-refractivity contribution in [1.82, 2.24) is 0 Å². The summed E-state index contributed by atoms with van der Waals surface area (Å²) in [6.45, 7) is 2.09. The highest BCUT2D eigenvalue weighted by Gasteiger charge is 2.11. The summed E-state index contributed by atoms with van der Waals surface area (Å²) in [7, 11) is 3.15. The molecular weight excluding hydrogens is 284 g/mol. The summed E-state index contributed by atoms with van der Waals surface area (Å²) in [5.74, 6) is 0.847. The van der Waals surface area contributed by atoms with Crippen molar-refractivity contribution < 1.29 is 23.7 Å². The Labute approximate surface area is 123 Å². The fourth-order valence-electron chi connectivity index (χ4n) is 1.56. The van der Waals surface area contributed by atoms with Gasteiger partial charge in [-0.1, -0.05) is 11.6 Å². The third-order valence-corrected chi connectivity index (χ3v) is 2.78. The van der Waals surface area contributed by atoms with E-state index in [1.54, 1.807) is 13.2 Å². The van der Waals surface area contributed by atoms with Gasteiger partial charge in [0.2, 0.25) is 0 Å². The first-order valence-corrected chi connectivity index (χ1v) is 6.63. The van der Waals surface area contributed by atoms with Crippen molar-refractivity contribution in [2.45, 2.75) is 6.42 Å². The van der Waals surface area contributed by atoms with Crippen LogP contribution in [0.3, 0.4) is 0 Å². The van der Waals surface area contributed by atoms with E-state index in [-0.39, 0.29) is 0 Å². The lowest BCUT2D eigenvalue weighted by Gasteiger charge is -2.13. The Morgan fingerprint density at radius 2 is 1.95 bits per heavy atom. The molecule has 0 radical (unpaired) electrons. The topological polar surface area (TPSA) is 54.0 Å². The molecule has 0 unspecified atom stereocenters. The van der Waals surface area contributed by atoms with Gasteiger partial charge in [-0.05, 0) is 18.6 Å². The minimum Gasteiger partial charge on any atom is -0.493 e. The van der Waals surface area contributed by atoms with Crippen molar-refractivity contribution in [2.75, 3.05) is 40.6 Å². The van der Waals surface area contributed by atoms with Crippen LogP contribution in [-0.4, -0.2) is 46.9 Å². The quantitative estimate of drug-likeness (QED) is 0.491. The van der Waals surface area contributed by atoms with Gasteiger partial charge in [0.05, 0.1) is 18.7 Å². The van der Waals surface area contributed by atoms with E-state index in [0.717, 1.165) is 6.42 Å². The lowest BCUT2D eigenvalue weighted by molar-refractivity contribution is 0.0799. The van der Waals surface area contributed by atoms with Crippen molar-refractivity contribution >= 4 is 17.9 Å². The van der Waals surface area contributed by atoms with Crippen molar-refractivity contribution in [1.29, 1.82) is 0 Å². The Morgan fingerprint density at radius 1 is 1.15 bits per heavy atom. The summed E-state index contributed by atoms with van der Waals surface area (Å²) in [5.41, 5.74) is 0.440. The van der Waals surface area contributed by atoms with Gasteiger partial charge in [-0.3, -0.25) is 4.79 Å². The number of carbonyl (C=O) groups excluding carboxylic acids is 1. The Hall–Kier alpha value is -1.30. The van der Waals surface area contributed by atoms with Gasteiger partial charge in [-0.2, -0.15) is 0 Å². The Balaban J connectivity index is 2.45. The molecule has 0 amide bonds. The molecule has 1 rings (SSSR count). The minimum absolute atomic E-state index is 0.339. The van der Waals surface area contributed by atoms with Gasteiger partial charge in [0.25, 0.3) is 0 Å². The van der Waals surface area contributed by atoms with Crippen LogP contribution in [0.15, 0.2) is 12.1 Å². The molecule has 0 spiro atoms. The highest BCUT2D eigenvalue weighted by atomic mass is 35.5. The van der Waals surface area contributed by atoms with Crippen LogP contribution in [0.1, 0.15) is 16.8 Å². The van der Waals surface area contributed by atoms with Crippen molar-refractivity contribution in [3.8, 4) is 11.5 Å². The average molecular weight is 303 g/mol. The molecule has 0 N–H and O–H groups in total. The molecule has 1 aromatic rings. The van der Waals surface area contributed by atoms with E-state index < -0.39 is 0 Å². The van der Waals surface area contributed by atoms with Crippen LogP contribution >= 0.6 is 11.6 Å². The summed E-state index contributed by atoms with van der Waals surface area (Å²) in [6, 6.07) is 3.11. The number of rotatable bonds is 10. The van der Waals surface area contributed by atoms with E-state index in [0.29, 0.717) is 54.8 Å². The van der Waals surface area contributed by atoms with Gasteiger partial charge >= 0.3 is 0 Å². The lowest BCUT2D eigenvalue weighted by atomic mass is 10.2. The molecule has 0 aliphatic heterocycles. The van der Waals surface area contributed by atoms with Gasteiger partial charge in [0.15, 0.2) is 11.5 Å². The highest BCUT2D eigenvalue weighted by molar-refractivity contribution is 6.32. The predicted octanol–water partition coefficient (Wildman–Crippen LogP) is 2.59. The molecule has 0 aliphatic rings. The molecule has 0 atom stereocenters. The summed E-state index contributed by atoms with van der Waals surface area (Å²) < 4.78 is 21.0. The zero-order valence-corrected chi connectivity index (χ0v) is 12.4. The first-order valence-electron chi connectivity index (χ1n) is 6.25. The summed E-state index contributed by atoms with van der Waals surface area (Å²) in [6.07, 6.45) is 1.55. The van der Waals surface area contributed by atoms with Crippen LogP contribution in [0.4, 0.5) is 0 Å². The summed E-state index contributed by atoms with van der Waals surface area (Å²) in [4.78, 5) is 10.7.